The highest BCUT2D eigenvalue weighted by Crippen LogP contribution is 2.29. The van der Waals surface area contributed by atoms with Crippen molar-refractivity contribution in [2.45, 2.75) is 37.8 Å². The van der Waals surface area contributed by atoms with Crippen molar-refractivity contribution in [3.8, 4) is 0 Å². The SMILES string of the molecule is C[C@H]1N[C@@H](CN(C)C)CCC1(F)F. The van der Waals surface area contributed by atoms with Crippen LogP contribution >= 0.6 is 0 Å². The van der Waals surface area contributed by atoms with E-state index < -0.39 is 12.0 Å². The molecule has 0 radical (unpaired) electrons. The monoisotopic (exact) mass is 192 g/mol. The Morgan fingerprint density at radius 3 is 2.54 bits per heavy atom. The van der Waals surface area contributed by atoms with Gasteiger partial charge in [0.15, 0.2) is 0 Å². The molecule has 2 atom stereocenters. The normalized spacial score (nSPS) is 33.7. The van der Waals surface area contributed by atoms with Gasteiger partial charge in [-0.05, 0) is 27.4 Å². The molecule has 4 heteroatoms. The van der Waals surface area contributed by atoms with Gasteiger partial charge in [-0.3, -0.25) is 0 Å². The van der Waals surface area contributed by atoms with Gasteiger partial charge in [-0.1, -0.05) is 0 Å². The van der Waals surface area contributed by atoms with Crippen molar-refractivity contribution in [3.05, 3.63) is 0 Å². The standard InChI is InChI=1S/C9H18F2N2/c1-7-9(10,11)5-4-8(12-7)6-13(2)3/h7-8,12H,4-6H2,1-3H3/t7-,8-/m1/s1. The van der Waals surface area contributed by atoms with Gasteiger partial charge in [0.25, 0.3) is 5.92 Å². The molecule has 0 aromatic rings. The first-order valence-electron chi connectivity index (χ1n) is 4.70. The lowest BCUT2D eigenvalue weighted by Crippen LogP contribution is -2.55. The minimum atomic E-state index is -2.52. The number of nitrogens with one attached hydrogen (secondary N) is 1. The van der Waals surface area contributed by atoms with Crippen LogP contribution in [0.15, 0.2) is 0 Å². The molecule has 13 heavy (non-hydrogen) atoms. The fraction of sp³-hybridized carbons (Fsp3) is 1.00. The molecule has 0 saturated carbocycles. The van der Waals surface area contributed by atoms with E-state index >= 15 is 0 Å². The first-order chi connectivity index (χ1) is 5.92. The molecule has 1 aliphatic heterocycles. The molecule has 1 rings (SSSR count). The number of likely N-dealkylation sites (N-methyl/N-ethyl adjacent to an activating group) is 1. The highest BCUT2D eigenvalue weighted by molar-refractivity contribution is 4.90. The number of hydrogen-bond acceptors (Lipinski definition) is 2. The second-order valence-corrected chi connectivity index (χ2v) is 4.15. The summed E-state index contributed by atoms with van der Waals surface area (Å²) >= 11 is 0. The molecule has 0 aliphatic carbocycles. The maximum Gasteiger partial charge on any atom is 0.262 e. The topological polar surface area (TPSA) is 15.3 Å². The van der Waals surface area contributed by atoms with Crippen molar-refractivity contribution in [3.63, 3.8) is 0 Å². The van der Waals surface area contributed by atoms with E-state index in [1.54, 1.807) is 6.92 Å². The average molecular weight is 192 g/mol. The summed E-state index contributed by atoms with van der Waals surface area (Å²) in [6, 6.07) is -0.476. The first-order valence-corrected chi connectivity index (χ1v) is 4.70. The Bertz CT molecular complexity index is 171. The zero-order valence-electron chi connectivity index (χ0n) is 8.48. The number of hydrogen-bond donors (Lipinski definition) is 1. The van der Waals surface area contributed by atoms with Crippen LogP contribution in [0.5, 0.6) is 0 Å². The molecule has 2 nitrogen and oxygen atoms in total. The molecule has 1 aliphatic rings. The lowest BCUT2D eigenvalue weighted by atomic mass is 9.95. The highest BCUT2D eigenvalue weighted by Gasteiger charge is 2.41. The molecule has 78 valence electrons. The Morgan fingerprint density at radius 2 is 2.08 bits per heavy atom. The third kappa shape index (κ3) is 2.88. The predicted molar refractivity (Wildman–Crippen MR) is 49.1 cm³/mol. The average Bonchev–Trinajstić information content (AvgIpc) is 1.97. The van der Waals surface area contributed by atoms with Gasteiger partial charge in [-0.25, -0.2) is 8.78 Å². The van der Waals surface area contributed by atoms with E-state index in [1.165, 1.54) is 0 Å². The Morgan fingerprint density at radius 1 is 1.46 bits per heavy atom. The zero-order valence-corrected chi connectivity index (χ0v) is 8.48. The van der Waals surface area contributed by atoms with Crippen LogP contribution in [0.3, 0.4) is 0 Å². The third-order valence-electron chi connectivity index (χ3n) is 2.53. The van der Waals surface area contributed by atoms with Crippen LogP contribution < -0.4 is 5.32 Å². The summed E-state index contributed by atoms with van der Waals surface area (Å²) in [6.45, 7) is 2.39. The highest BCUT2D eigenvalue weighted by atomic mass is 19.3. The summed E-state index contributed by atoms with van der Waals surface area (Å²) in [4.78, 5) is 2.02. The Labute approximate surface area is 78.3 Å². The Kier molecular flexibility index (Phi) is 3.24. The van der Waals surface area contributed by atoms with E-state index in [9.17, 15) is 8.78 Å². The van der Waals surface area contributed by atoms with Gasteiger partial charge in [0, 0.05) is 19.0 Å². The van der Waals surface area contributed by atoms with Crippen molar-refractivity contribution in [2.75, 3.05) is 20.6 Å². The van der Waals surface area contributed by atoms with Crippen molar-refractivity contribution in [2.24, 2.45) is 0 Å². The van der Waals surface area contributed by atoms with Crippen molar-refractivity contribution in [1.82, 2.24) is 10.2 Å². The van der Waals surface area contributed by atoms with E-state index in [-0.39, 0.29) is 12.5 Å². The summed E-state index contributed by atoms with van der Waals surface area (Å²) < 4.78 is 26.1. The molecular formula is C9H18F2N2. The van der Waals surface area contributed by atoms with E-state index in [2.05, 4.69) is 5.32 Å². The predicted octanol–water partition coefficient (Wildman–Crippen LogP) is 1.32. The molecule has 0 amide bonds. The molecule has 1 N–H and O–H groups in total. The van der Waals surface area contributed by atoms with Gasteiger partial charge in [-0.15, -0.1) is 0 Å². The summed E-state index contributed by atoms with van der Waals surface area (Å²) in [5.41, 5.74) is 0. The maximum absolute atomic E-state index is 13.0. The molecule has 1 fully saturated rings. The van der Waals surface area contributed by atoms with Gasteiger partial charge in [0.2, 0.25) is 0 Å². The number of rotatable bonds is 2. The van der Waals surface area contributed by atoms with E-state index in [0.29, 0.717) is 6.42 Å². The Hall–Kier alpha value is -0.220. The Balaban J connectivity index is 2.42. The quantitative estimate of drug-likeness (QED) is 0.710. The summed E-state index contributed by atoms with van der Waals surface area (Å²) in [6.07, 6.45) is 0.579. The van der Waals surface area contributed by atoms with Gasteiger partial charge in [-0.2, -0.15) is 0 Å². The number of halogens is 2. The first kappa shape index (κ1) is 10.9. The molecule has 1 heterocycles. The number of alkyl halides is 2. The minimum Gasteiger partial charge on any atom is -0.308 e. The molecular weight excluding hydrogens is 174 g/mol. The number of nitrogens with zero attached hydrogens (tertiary/aromatic N) is 1. The van der Waals surface area contributed by atoms with Gasteiger partial charge in [0.1, 0.15) is 0 Å². The van der Waals surface area contributed by atoms with Crippen LogP contribution in [0.2, 0.25) is 0 Å². The van der Waals surface area contributed by atoms with Crippen LogP contribution in [-0.2, 0) is 0 Å². The van der Waals surface area contributed by atoms with Crippen LogP contribution in [0, 0.1) is 0 Å². The van der Waals surface area contributed by atoms with Gasteiger partial charge in [0.05, 0.1) is 6.04 Å². The second kappa shape index (κ2) is 3.88. The molecule has 0 aromatic heterocycles. The molecule has 1 saturated heterocycles. The lowest BCUT2D eigenvalue weighted by Gasteiger charge is -2.36. The second-order valence-electron chi connectivity index (χ2n) is 4.15. The summed E-state index contributed by atoms with van der Waals surface area (Å²) in [5.74, 6) is -2.52. The van der Waals surface area contributed by atoms with E-state index in [0.717, 1.165) is 6.54 Å². The van der Waals surface area contributed by atoms with Crippen LogP contribution in [-0.4, -0.2) is 43.5 Å². The van der Waals surface area contributed by atoms with Crippen molar-refractivity contribution in [1.29, 1.82) is 0 Å². The van der Waals surface area contributed by atoms with E-state index in [4.69, 9.17) is 0 Å². The van der Waals surface area contributed by atoms with Crippen molar-refractivity contribution < 1.29 is 8.78 Å². The van der Waals surface area contributed by atoms with Gasteiger partial charge >= 0.3 is 0 Å². The van der Waals surface area contributed by atoms with Gasteiger partial charge < -0.3 is 10.2 Å². The zero-order chi connectivity index (χ0) is 10.1. The minimum absolute atomic E-state index is 0.0136. The fourth-order valence-electron chi connectivity index (χ4n) is 1.73. The number of piperidine rings is 1. The largest absolute Gasteiger partial charge is 0.308 e. The maximum atomic E-state index is 13.0. The lowest BCUT2D eigenvalue weighted by molar-refractivity contribution is -0.0657. The van der Waals surface area contributed by atoms with Crippen LogP contribution in [0.1, 0.15) is 19.8 Å². The third-order valence-corrected chi connectivity index (χ3v) is 2.53. The van der Waals surface area contributed by atoms with Crippen LogP contribution in [0.4, 0.5) is 8.78 Å². The summed E-state index contributed by atoms with van der Waals surface area (Å²) in [5, 5.41) is 2.95. The molecule has 0 spiro atoms. The molecule has 0 aromatic carbocycles. The molecule has 0 bridgehead atoms. The van der Waals surface area contributed by atoms with Crippen molar-refractivity contribution >= 4 is 0 Å². The fourth-order valence-corrected chi connectivity index (χ4v) is 1.73. The summed E-state index contributed by atoms with van der Waals surface area (Å²) in [7, 11) is 3.91. The smallest absolute Gasteiger partial charge is 0.262 e. The van der Waals surface area contributed by atoms with E-state index in [1.807, 2.05) is 19.0 Å². The van der Waals surface area contributed by atoms with Crippen LogP contribution in [0.25, 0.3) is 0 Å². The molecule has 0 unspecified atom stereocenters.